The summed E-state index contributed by atoms with van der Waals surface area (Å²) < 4.78 is 12.3. The number of ether oxygens (including phenoxy) is 2. The number of methoxy groups -OCH3 is 2. The topological polar surface area (TPSA) is 91.2 Å². The Bertz CT molecular complexity index is 1220. The van der Waals surface area contributed by atoms with Crippen LogP contribution in [0.2, 0.25) is 0 Å². The number of nitrogens with one attached hydrogen (secondary N) is 1. The van der Waals surface area contributed by atoms with Crippen LogP contribution in [0, 0.1) is 6.92 Å². The maximum Gasteiger partial charge on any atom is 0.274 e. The van der Waals surface area contributed by atoms with Crippen molar-refractivity contribution in [2.24, 2.45) is 0 Å². The second kappa shape index (κ2) is 9.30. The zero-order valence-corrected chi connectivity index (χ0v) is 18.1. The first-order chi connectivity index (χ1) is 15.6. The molecule has 0 atom stereocenters. The van der Waals surface area contributed by atoms with Crippen LogP contribution in [0.4, 0.5) is 0 Å². The van der Waals surface area contributed by atoms with Crippen LogP contribution in [-0.2, 0) is 6.54 Å². The number of carbonyl (C=O) groups is 1. The molecule has 0 spiro atoms. The van der Waals surface area contributed by atoms with E-state index in [0.717, 1.165) is 22.4 Å². The van der Waals surface area contributed by atoms with E-state index >= 15 is 0 Å². The van der Waals surface area contributed by atoms with E-state index in [1.54, 1.807) is 37.4 Å². The van der Waals surface area contributed by atoms with Gasteiger partial charge < -0.3 is 14.8 Å². The van der Waals surface area contributed by atoms with Gasteiger partial charge in [-0.1, -0.05) is 22.9 Å². The van der Waals surface area contributed by atoms with Gasteiger partial charge in [0.1, 0.15) is 17.2 Å². The zero-order valence-electron chi connectivity index (χ0n) is 18.1. The van der Waals surface area contributed by atoms with E-state index in [0.29, 0.717) is 17.2 Å². The van der Waals surface area contributed by atoms with E-state index in [1.165, 1.54) is 0 Å². The van der Waals surface area contributed by atoms with Crippen LogP contribution in [0.1, 0.15) is 21.6 Å². The molecule has 0 saturated heterocycles. The van der Waals surface area contributed by atoms with E-state index < -0.39 is 0 Å². The predicted molar refractivity (Wildman–Crippen MR) is 120 cm³/mol. The largest absolute Gasteiger partial charge is 0.497 e. The lowest BCUT2D eigenvalue weighted by Gasteiger charge is -2.12. The monoisotopic (exact) mass is 429 g/mol. The molecule has 0 bridgehead atoms. The lowest BCUT2D eigenvalue weighted by Crippen LogP contribution is -2.24. The molecule has 1 N–H and O–H groups in total. The van der Waals surface area contributed by atoms with Crippen molar-refractivity contribution in [1.29, 1.82) is 0 Å². The first kappa shape index (κ1) is 21.0. The molecule has 4 aromatic rings. The van der Waals surface area contributed by atoms with Crippen LogP contribution < -0.4 is 14.8 Å². The number of carbonyl (C=O) groups excluding carboxylic acids is 1. The number of aromatic nitrogens is 4. The molecule has 0 aliphatic rings. The Hall–Kier alpha value is -4.20. The molecule has 0 saturated carbocycles. The van der Waals surface area contributed by atoms with Gasteiger partial charge in [0.2, 0.25) is 0 Å². The van der Waals surface area contributed by atoms with E-state index in [-0.39, 0.29) is 18.1 Å². The van der Waals surface area contributed by atoms with Crippen LogP contribution in [0.25, 0.3) is 16.9 Å². The van der Waals surface area contributed by atoms with Gasteiger partial charge in [0.15, 0.2) is 5.69 Å². The molecule has 0 aliphatic heterocycles. The highest BCUT2D eigenvalue weighted by atomic mass is 16.5. The van der Waals surface area contributed by atoms with E-state index in [2.05, 4.69) is 20.6 Å². The molecule has 8 heteroatoms. The quantitative estimate of drug-likeness (QED) is 0.483. The Balaban J connectivity index is 1.66. The van der Waals surface area contributed by atoms with Crippen LogP contribution in [-0.4, -0.2) is 40.1 Å². The molecule has 0 radical (unpaired) electrons. The molecule has 4 rings (SSSR count). The van der Waals surface area contributed by atoms with Gasteiger partial charge in [-0.3, -0.25) is 9.78 Å². The van der Waals surface area contributed by atoms with Crippen molar-refractivity contribution in [3.63, 3.8) is 0 Å². The number of hydrogen-bond donors (Lipinski definition) is 1. The second-order valence-corrected chi connectivity index (χ2v) is 7.14. The van der Waals surface area contributed by atoms with Gasteiger partial charge >= 0.3 is 0 Å². The minimum atomic E-state index is -0.347. The van der Waals surface area contributed by atoms with Gasteiger partial charge in [-0.2, -0.15) is 0 Å². The summed E-state index contributed by atoms with van der Waals surface area (Å²) in [6.07, 6.45) is 3.37. The van der Waals surface area contributed by atoms with Crippen molar-refractivity contribution in [2.45, 2.75) is 13.5 Å². The SMILES string of the molecule is COc1ccc(CNC(=O)c2nnn(-c3ccc(C)cc3)c2-c2cccnc2)c(OC)c1. The predicted octanol–water partition coefficient (Wildman–Crippen LogP) is 3.58. The molecule has 0 unspecified atom stereocenters. The fourth-order valence-corrected chi connectivity index (χ4v) is 3.32. The Morgan fingerprint density at radius 3 is 2.56 bits per heavy atom. The van der Waals surface area contributed by atoms with Crippen molar-refractivity contribution < 1.29 is 14.3 Å². The first-order valence-corrected chi connectivity index (χ1v) is 10.0. The van der Waals surface area contributed by atoms with Crippen LogP contribution >= 0.6 is 0 Å². The molecule has 32 heavy (non-hydrogen) atoms. The standard InChI is InChI=1S/C24H23N5O3/c1-16-6-9-19(10-7-16)29-23(18-5-4-12-25-14-18)22(27-28-29)24(30)26-15-17-8-11-20(31-2)13-21(17)32-3/h4-14H,15H2,1-3H3,(H,26,30). The summed E-state index contributed by atoms with van der Waals surface area (Å²) in [7, 11) is 3.17. The molecule has 2 aromatic heterocycles. The average Bonchev–Trinajstić information content (AvgIpc) is 3.28. The maximum atomic E-state index is 13.1. The van der Waals surface area contributed by atoms with Gasteiger partial charge in [-0.15, -0.1) is 5.10 Å². The van der Waals surface area contributed by atoms with E-state index in [4.69, 9.17) is 9.47 Å². The molecular weight excluding hydrogens is 406 g/mol. The summed E-state index contributed by atoms with van der Waals surface area (Å²) in [5.41, 5.74) is 4.27. The van der Waals surface area contributed by atoms with Crippen molar-refractivity contribution in [3.05, 3.63) is 83.8 Å². The van der Waals surface area contributed by atoms with Gasteiger partial charge in [-0.05, 0) is 43.3 Å². The van der Waals surface area contributed by atoms with Crippen molar-refractivity contribution in [1.82, 2.24) is 25.3 Å². The third kappa shape index (κ3) is 4.29. The normalized spacial score (nSPS) is 10.6. The number of aryl methyl sites for hydroxylation is 1. The third-order valence-electron chi connectivity index (χ3n) is 5.03. The van der Waals surface area contributed by atoms with Crippen molar-refractivity contribution >= 4 is 5.91 Å². The van der Waals surface area contributed by atoms with E-state index in [9.17, 15) is 4.79 Å². The first-order valence-electron chi connectivity index (χ1n) is 10.0. The summed E-state index contributed by atoms with van der Waals surface area (Å²) in [6.45, 7) is 2.27. The number of nitrogens with zero attached hydrogens (tertiary/aromatic N) is 4. The van der Waals surface area contributed by atoms with Crippen LogP contribution in [0.3, 0.4) is 0 Å². The average molecular weight is 429 g/mol. The van der Waals surface area contributed by atoms with Crippen LogP contribution in [0.15, 0.2) is 67.0 Å². The summed E-state index contributed by atoms with van der Waals surface area (Å²) >= 11 is 0. The van der Waals surface area contributed by atoms with Crippen molar-refractivity contribution in [3.8, 4) is 28.4 Å². The Kier molecular flexibility index (Phi) is 6.12. The highest BCUT2D eigenvalue weighted by Crippen LogP contribution is 2.26. The van der Waals surface area contributed by atoms with Gasteiger partial charge in [0.25, 0.3) is 5.91 Å². The second-order valence-electron chi connectivity index (χ2n) is 7.14. The Labute approximate surface area is 185 Å². The molecule has 2 aromatic carbocycles. The number of rotatable bonds is 7. The number of hydrogen-bond acceptors (Lipinski definition) is 6. The fraction of sp³-hybridized carbons (Fsp3) is 0.167. The third-order valence-corrected chi connectivity index (χ3v) is 5.03. The minimum Gasteiger partial charge on any atom is -0.497 e. The Morgan fingerprint density at radius 1 is 1.06 bits per heavy atom. The number of pyridine rings is 1. The lowest BCUT2D eigenvalue weighted by atomic mass is 10.1. The number of benzene rings is 2. The molecule has 0 fully saturated rings. The molecule has 2 heterocycles. The smallest absolute Gasteiger partial charge is 0.274 e. The summed E-state index contributed by atoms with van der Waals surface area (Å²) in [5.74, 6) is 0.956. The lowest BCUT2D eigenvalue weighted by molar-refractivity contribution is 0.0946. The summed E-state index contributed by atoms with van der Waals surface area (Å²) in [4.78, 5) is 17.3. The molecule has 0 aliphatic carbocycles. The molecule has 8 nitrogen and oxygen atoms in total. The highest BCUT2D eigenvalue weighted by molar-refractivity contribution is 5.98. The molecular formula is C24H23N5O3. The maximum absolute atomic E-state index is 13.1. The summed E-state index contributed by atoms with van der Waals surface area (Å²) in [6, 6.07) is 17.0. The fourth-order valence-electron chi connectivity index (χ4n) is 3.32. The molecule has 162 valence electrons. The van der Waals surface area contributed by atoms with E-state index in [1.807, 2.05) is 55.5 Å². The van der Waals surface area contributed by atoms with Gasteiger partial charge in [0, 0.05) is 36.1 Å². The summed E-state index contributed by atoms with van der Waals surface area (Å²) in [5, 5.41) is 11.4. The Morgan fingerprint density at radius 2 is 1.88 bits per heavy atom. The molecule has 1 amide bonds. The number of amides is 1. The zero-order chi connectivity index (χ0) is 22.5. The van der Waals surface area contributed by atoms with Gasteiger partial charge in [0.05, 0.1) is 19.9 Å². The van der Waals surface area contributed by atoms with Crippen molar-refractivity contribution in [2.75, 3.05) is 14.2 Å². The minimum absolute atomic E-state index is 0.214. The van der Waals surface area contributed by atoms with Gasteiger partial charge in [-0.25, -0.2) is 4.68 Å². The highest BCUT2D eigenvalue weighted by Gasteiger charge is 2.22. The van der Waals surface area contributed by atoms with Crippen LogP contribution in [0.5, 0.6) is 11.5 Å².